The molecular formula is C35H45N3O2. The Morgan fingerprint density at radius 1 is 1.18 bits per heavy atom. The summed E-state index contributed by atoms with van der Waals surface area (Å²) < 4.78 is 0. The molecule has 0 radical (unpaired) electrons. The average Bonchev–Trinajstić information content (AvgIpc) is 3.30. The minimum absolute atomic E-state index is 0.0617. The van der Waals surface area contributed by atoms with Gasteiger partial charge in [0.15, 0.2) is 0 Å². The summed E-state index contributed by atoms with van der Waals surface area (Å²) in [4.78, 5) is 23.3. The zero-order valence-corrected chi connectivity index (χ0v) is 24.5. The highest BCUT2D eigenvalue weighted by Crippen LogP contribution is 2.68. The van der Waals surface area contributed by atoms with E-state index in [0.29, 0.717) is 17.7 Å². The highest BCUT2D eigenvalue weighted by molar-refractivity contribution is 5.94. The van der Waals surface area contributed by atoms with Gasteiger partial charge in [-0.05, 0) is 98.2 Å². The summed E-state index contributed by atoms with van der Waals surface area (Å²) in [7, 11) is 2.03. The third kappa shape index (κ3) is 4.32. The highest BCUT2D eigenvalue weighted by Gasteiger charge is 2.67. The van der Waals surface area contributed by atoms with Crippen LogP contribution in [0.4, 0.5) is 0 Å². The van der Waals surface area contributed by atoms with Crippen LogP contribution in [0.5, 0.6) is 5.75 Å². The van der Waals surface area contributed by atoms with E-state index in [9.17, 15) is 9.90 Å². The van der Waals surface area contributed by atoms with Gasteiger partial charge in [0, 0.05) is 55.0 Å². The first kappa shape index (κ1) is 27.3. The van der Waals surface area contributed by atoms with Crippen LogP contribution in [0, 0.1) is 11.3 Å². The quantitative estimate of drug-likeness (QED) is 0.403. The van der Waals surface area contributed by atoms with E-state index in [1.54, 1.807) is 0 Å². The third-order valence-electron chi connectivity index (χ3n) is 11.1. The van der Waals surface area contributed by atoms with Crippen LogP contribution in [0.2, 0.25) is 0 Å². The van der Waals surface area contributed by atoms with Crippen molar-refractivity contribution < 1.29 is 9.90 Å². The molecule has 2 aromatic carbocycles. The Morgan fingerprint density at radius 3 is 2.75 bits per heavy atom. The number of piperidine rings is 1. The molecule has 0 spiro atoms. The van der Waals surface area contributed by atoms with Crippen molar-refractivity contribution in [1.82, 2.24) is 9.80 Å². The topological polar surface area (TPSA) is 56.1 Å². The molecule has 212 valence electrons. The number of hydrogen-bond donors (Lipinski definition) is 1. The van der Waals surface area contributed by atoms with Gasteiger partial charge in [0.1, 0.15) is 5.75 Å². The van der Waals surface area contributed by atoms with E-state index in [1.807, 2.05) is 43.4 Å². The lowest BCUT2D eigenvalue weighted by atomic mass is 9.48. The van der Waals surface area contributed by atoms with Crippen LogP contribution in [0.25, 0.3) is 0 Å². The highest BCUT2D eigenvalue weighted by atomic mass is 16.3. The van der Waals surface area contributed by atoms with Gasteiger partial charge in [0.05, 0.1) is 0 Å². The summed E-state index contributed by atoms with van der Waals surface area (Å²) in [5, 5.41) is 10.7. The van der Waals surface area contributed by atoms with Gasteiger partial charge in [0.2, 0.25) is 0 Å². The smallest absolute Gasteiger partial charge is 0.253 e. The van der Waals surface area contributed by atoms with Gasteiger partial charge >= 0.3 is 0 Å². The molecule has 1 saturated heterocycles. The molecule has 6 rings (SSSR count). The molecule has 5 heteroatoms. The lowest BCUT2D eigenvalue weighted by Crippen LogP contribution is -2.67. The Morgan fingerprint density at radius 2 is 2.00 bits per heavy atom. The number of fused-ring (bicyclic) bond motifs is 1. The van der Waals surface area contributed by atoms with Gasteiger partial charge < -0.3 is 10.0 Å². The second-order valence-corrected chi connectivity index (χ2v) is 12.9. The minimum Gasteiger partial charge on any atom is -0.508 e. The molecule has 2 bridgehead atoms. The second-order valence-electron chi connectivity index (χ2n) is 12.9. The zero-order valence-electron chi connectivity index (χ0n) is 24.5. The van der Waals surface area contributed by atoms with Crippen LogP contribution < -0.4 is 0 Å². The lowest BCUT2D eigenvalue weighted by Gasteiger charge is -2.63. The molecule has 5 atom stereocenters. The molecule has 1 saturated carbocycles. The molecule has 1 amide bonds. The Labute approximate surface area is 240 Å². The van der Waals surface area contributed by atoms with Crippen molar-refractivity contribution in [3.05, 3.63) is 77.0 Å². The first-order chi connectivity index (χ1) is 19.4. The number of nitrogens with zero attached hydrogens (tertiary/aromatic N) is 3. The van der Waals surface area contributed by atoms with Crippen LogP contribution in [0.3, 0.4) is 0 Å². The van der Waals surface area contributed by atoms with Gasteiger partial charge in [-0.15, -0.1) is 0 Å². The van der Waals surface area contributed by atoms with Gasteiger partial charge in [0.25, 0.3) is 5.91 Å². The van der Waals surface area contributed by atoms with Crippen LogP contribution >= 0.6 is 0 Å². The molecule has 2 heterocycles. The van der Waals surface area contributed by atoms with Crippen LogP contribution in [-0.2, 0) is 11.8 Å². The van der Waals surface area contributed by atoms with Crippen molar-refractivity contribution in [3.63, 3.8) is 0 Å². The predicted molar refractivity (Wildman–Crippen MR) is 162 cm³/mol. The van der Waals surface area contributed by atoms with Crippen LogP contribution in [0.15, 0.2) is 65.3 Å². The van der Waals surface area contributed by atoms with Gasteiger partial charge in [-0.2, -0.15) is 0 Å². The van der Waals surface area contributed by atoms with Crippen LogP contribution in [0.1, 0.15) is 86.7 Å². The Bertz CT molecular complexity index is 1300. The van der Waals surface area contributed by atoms with Gasteiger partial charge in [-0.25, -0.2) is 0 Å². The number of phenols is 1. The van der Waals surface area contributed by atoms with E-state index in [2.05, 4.69) is 53.1 Å². The number of carbonyl (C=O) groups is 1. The first-order valence-electron chi connectivity index (χ1n) is 15.5. The number of amides is 1. The van der Waals surface area contributed by atoms with E-state index < -0.39 is 0 Å². The van der Waals surface area contributed by atoms with E-state index in [0.717, 1.165) is 76.4 Å². The Balaban J connectivity index is 1.38. The number of likely N-dealkylation sites (tertiary alicyclic amines) is 1. The number of rotatable bonds is 8. The summed E-state index contributed by atoms with van der Waals surface area (Å²) >= 11 is 0. The fourth-order valence-electron chi connectivity index (χ4n) is 9.19. The number of benzene rings is 2. The van der Waals surface area contributed by atoms with E-state index in [4.69, 9.17) is 0 Å². The Hall–Kier alpha value is -2.92. The van der Waals surface area contributed by atoms with E-state index in [-0.39, 0.29) is 22.8 Å². The second kappa shape index (κ2) is 10.8. The summed E-state index contributed by atoms with van der Waals surface area (Å²) in [6.45, 7) is 6.88. The van der Waals surface area contributed by atoms with Crippen molar-refractivity contribution in [2.75, 3.05) is 20.1 Å². The monoisotopic (exact) mass is 539 g/mol. The van der Waals surface area contributed by atoms with Gasteiger partial charge in [-0.3, -0.25) is 14.7 Å². The molecule has 1 N–H and O–H groups in total. The Kier molecular flexibility index (Phi) is 7.37. The van der Waals surface area contributed by atoms with Crippen molar-refractivity contribution >= 4 is 12.1 Å². The van der Waals surface area contributed by atoms with Crippen molar-refractivity contribution in [2.24, 2.45) is 16.3 Å². The molecule has 0 aromatic heterocycles. The molecule has 2 fully saturated rings. The zero-order chi connectivity index (χ0) is 27.9. The molecular weight excluding hydrogens is 494 g/mol. The van der Waals surface area contributed by atoms with Crippen molar-refractivity contribution in [2.45, 2.75) is 89.1 Å². The first-order valence-corrected chi connectivity index (χ1v) is 15.5. The number of phenolic OH excluding ortho intramolecular Hbond substituents is 1. The molecule has 2 aromatic rings. The molecule has 2 aliphatic carbocycles. The maximum Gasteiger partial charge on any atom is 0.253 e. The van der Waals surface area contributed by atoms with E-state index in [1.165, 1.54) is 16.8 Å². The number of aromatic hydroxyl groups is 1. The maximum atomic E-state index is 13.8. The number of hydrogen-bond acceptors (Lipinski definition) is 4. The van der Waals surface area contributed by atoms with Gasteiger partial charge in [-0.1, -0.05) is 50.6 Å². The van der Waals surface area contributed by atoms with Crippen LogP contribution in [-0.4, -0.2) is 59.2 Å². The fourth-order valence-corrected chi connectivity index (χ4v) is 9.19. The van der Waals surface area contributed by atoms with Crippen molar-refractivity contribution in [1.29, 1.82) is 0 Å². The standard InChI is InChI=1S/C35H45N3O2/c1-4-10-31(37(3)33(40)25-11-6-5-7-12-25)29-16-18-34(2)32-23-26-14-15-28(39)24-30(26)35(29,34)19-22-38(32)21-17-27-13-8-9-20-36-27/h5-7,11-15,20,24,29,31-32,39H,4,8-10,16-19,21-23H2,1-3H3. The summed E-state index contributed by atoms with van der Waals surface area (Å²) in [6.07, 6.45) is 14.0. The number of allylic oxidation sites excluding steroid dienone is 1. The molecule has 4 aliphatic rings. The minimum atomic E-state index is -0.0617. The van der Waals surface area contributed by atoms with Crippen molar-refractivity contribution in [3.8, 4) is 5.75 Å². The number of carbonyl (C=O) groups excluding carboxylic acids is 1. The van der Waals surface area contributed by atoms with E-state index >= 15 is 0 Å². The molecule has 2 aliphatic heterocycles. The lowest BCUT2D eigenvalue weighted by molar-refractivity contribution is -0.0625. The predicted octanol–water partition coefficient (Wildman–Crippen LogP) is 6.76. The average molecular weight is 540 g/mol. The molecule has 5 unspecified atom stereocenters. The SMILES string of the molecule is CCCC(C1CCC2(C)C3Cc4ccc(O)cc4C12CCN3CCC1=CCCC=N1)N(C)C(=O)c1ccccc1. The third-order valence-corrected chi connectivity index (χ3v) is 11.1. The summed E-state index contributed by atoms with van der Waals surface area (Å²) in [5.41, 5.74) is 4.77. The summed E-state index contributed by atoms with van der Waals surface area (Å²) in [6, 6.07) is 16.5. The largest absolute Gasteiger partial charge is 0.508 e. The normalized spacial score (nSPS) is 29.8. The maximum absolute atomic E-state index is 13.8. The summed E-state index contributed by atoms with van der Waals surface area (Å²) in [5.74, 6) is 0.836. The fraction of sp³-hybridized carbons (Fsp3) is 0.543. The molecule has 5 nitrogen and oxygen atoms in total. The molecule has 40 heavy (non-hydrogen) atoms. The number of aliphatic imine (C=N–C) groups is 1.